The molecule has 2 rings (SSSR count). The van der Waals surface area contributed by atoms with Crippen molar-refractivity contribution in [2.45, 2.75) is 20.0 Å². The van der Waals surface area contributed by atoms with E-state index in [0.717, 1.165) is 11.3 Å². The molecule has 1 heterocycles. The number of nitrogens with one attached hydrogen (secondary N) is 2. The quantitative estimate of drug-likeness (QED) is 0.839. The van der Waals surface area contributed by atoms with Gasteiger partial charge in [0, 0.05) is 5.69 Å². The molecule has 2 aromatic rings. The van der Waals surface area contributed by atoms with Crippen LogP contribution in [0, 0.1) is 6.92 Å². The normalized spacial score (nSPS) is 11.9. The maximum absolute atomic E-state index is 11.9. The number of thiazole rings is 1. The summed E-state index contributed by atoms with van der Waals surface area (Å²) in [6, 6.07) is 7.96. The van der Waals surface area contributed by atoms with Gasteiger partial charge in [0.25, 0.3) is 5.91 Å². The number of aromatic nitrogens is 1. The molecule has 0 aliphatic carbocycles. The summed E-state index contributed by atoms with van der Waals surface area (Å²) in [6.45, 7) is 3.93. The van der Waals surface area contributed by atoms with Crippen LogP contribution < -0.4 is 10.6 Å². The highest BCUT2D eigenvalue weighted by molar-refractivity contribution is 9.11. The average molecular weight is 340 g/mol. The molecule has 0 radical (unpaired) electrons. The Morgan fingerprint density at radius 2 is 2.16 bits per heavy atom. The van der Waals surface area contributed by atoms with Gasteiger partial charge in [0.05, 0.1) is 12.4 Å². The van der Waals surface area contributed by atoms with E-state index in [9.17, 15) is 4.79 Å². The van der Waals surface area contributed by atoms with E-state index in [1.54, 1.807) is 6.20 Å². The summed E-state index contributed by atoms with van der Waals surface area (Å²) in [5.41, 5.74) is 2.16. The van der Waals surface area contributed by atoms with Gasteiger partial charge in [-0.3, -0.25) is 4.79 Å². The van der Waals surface area contributed by atoms with Crippen LogP contribution in [0.2, 0.25) is 0 Å². The highest BCUT2D eigenvalue weighted by atomic mass is 79.9. The molecule has 6 heteroatoms. The first-order valence-corrected chi connectivity index (χ1v) is 7.41. The van der Waals surface area contributed by atoms with E-state index in [1.807, 2.05) is 38.1 Å². The molecular formula is C13H14BrN3OS. The Balaban J connectivity index is 1.96. The molecule has 1 aromatic carbocycles. The van der Waals surface area contributed by atoms with E-state index in [0.29, 0.717) is 8.79 Å². The van der Waals surface area contributed by atoms with Gasteiger partial charge in [-0.05, 0) is 41.4 Å². The van der Waals surface area contributed by atoms with Crippen LogP contribution in [0.15, 0.2) is 34.4 Å². The molecule has 1 atom stereocenters. The van der Waals surface area contributed by atoms with E-state index >= 15 is 0 Å². The lowest BCUT2D eigenvalue weighted by Crippen LogP contribution is -2.37. The maximum Gasteiger partial charge on any atom is 0.264 e. The van der Waals surface area contributed by atoms with Gasteiger partial charge in [-0.15, -0.1) is 11.3 Å². The highest BCUT2D eigenvalue weighted by Gasteiger charge is 2.12. The first-order chi connectivity index (χ1) is 9.06. The summed E-state index contributed by atoms with van der Waals surface area (Å²) in [5, 5.41) is 6.14. The molecule has 100 valence electrons. The fraction of sp³-hybridized carbons (Fsp3) is 0.231. The Bertz CT molecular complexity index is 585. The van der Waals surface area contributed by atoms with Gasteiger partial charge < -0.3 is 10.6 Å². The molecule has 0 bridgehead atoms. The van der Waals surface area contributed by atoms with E-state index in [-0.39, 0.29) is 12.1 Å². The fourth-order valence-corrected chi connectivity index (χ4v) is 2.80. The molecule has 2 N–H and O–H groups in total. The number of benzene rings is 1. The topological polar surface area (TPSA) is 54.0 Å². The minimum absolute atomic E-state index is 0.128. The fourth-order valence-electron chi connectivity index (χ4n) is 1.63. The van der Waals surface area contributed by atoms with E-state index in [4.69, 9.17) is 0 Å². The number of aryl methyl sites for hydroxylation is 1. The zero-order chi connectivity index (χ0) is 13.8. The van der Waals surface area contributed by atoms with Gasteiger partial charge in [-0.25, -0.2) is 4.98 Å². The van der Waals surface area contributed by atoms with Crippen LogP contribution in [-0.2, 0) is 0 Å². The van der Waals surface area contributed by atoms with Crippen molar-refractivity contribution in [2.24, 2.45) is 0 Å². The van der Waals surface area contributed by atoms with Crippen molar-refractivity contribution in [2.75, 3.05) is 5.32 Å². The van der Waals surface area contributed by atoms with E-state index in [2.05, 4.69) is 31.5 Å². The molecule has 1 aromatic heterocycles. The Morgan fingerprint density at radius 1 is 1.42 bits per heavy atom. The number of hydrogen-bond acceptors (Lipinski definition) is 4. The molecular weight excluding hydrogens is 326 g/mol. The molecule has 4 nitrogen and oxygen atoms in total. The smallest absolute Gasteiger partial charge is 0.264 e. The molecule has 0 fully saturated rings. The third kappa shape index (κ3) is 3.78. The molecule has 19 heavy (non-hydrogen) atoms. The number of amides is 1. The Hall–Kier alpha value is -1.40. The van der Waals surface area contributed by atoms with Crippen LogP contribution in [0.3, 0.4) is 0 Å². The third-order valence-corrected chi connectivity index (χ3v) is 4.04. The van der Waals surface area contributed by atoms with Crippen LogP contribution in [0.25, 0.3) is 0 Å². The number of rotatable bonds is 4. The van der Waals surface area contributed by atoms with Crippen molar-refractivity contribution in [3.63, 3.8) is 0 Å². The molecule has 0 aliphatic heterocycles. The number of carbonyl (C=O) groups is 1. The number of anilines is 1. The van der Waals surface area contributed by atoms with Crippen LogP contribution in [0.4, 0.5) is 5.69 Å². The second-order valence-electron chi connectivity index (χ2n) is 4.13. The third-order valence-electron chi connectivity index (χ3n) is 2.57. The molecule has 0 saturated heterocycles. The zero-order valence-corrected chi connectivity index (χ0v) is 13.0. The Kier molecular flexibility index (Phi) is 4.55. The van der Waals surface area contributed by atoms with Crippen LogP contribution >= 0.6 is 27.3 Å². The summed E-state index contributed by atoms with van der Waals surface area (Å²) in [6.07, 6.45) is 1.40. The van der Waals surface area contributed by atoms with Gasteiger partial charge in [-0.1, -0.05) is 18.2 Å². The van der Waals surface area contributed by atoms with Gasteiger partial charge in [-0.2, -0.15) is 0 Å². The van der Waals surface area contributed by atoms with Gasteiger partial charge >= 0.3 is 0 Å². The number of para-hydroxylation sites is 1. The number of nitrogens with zero attached hydrogens (tertiary/aromatic N) is 1. The predicted molar refractivity (Wildman–Crippen MR) is 81.5 cm³/mol. The largest absolute Gasteiger partial charge is 0.365 e. The van der Waals surface area contributed by atoms with Crippen molar-refractivity contribution >= 4 is 38.9 Å². The number of halogens is 1. The lowest BCUT2D eigenvalue weighted by Gasteiger charge is -2.17. The first kappa shape index (κ1) is 14.0. The molecule has 0 saturated carbocycles. The van der Waals surface area contributed by atoms with Gasteiger partial charge in [0.1, 0.15) is 4.88 Å². The summed E-state index contributed by atoms with van der Waals surface area (Å²) in [5.74, 6) is -0.128. The molecule has 0 spiro atoms. The maximum atomic E-state index is 11.9. The molecule has 1 unspecified atom stereocenters. The summed E-state index contributed by atoms with van der Waals surface area (Å²) in [4.78, 5) is 16.5. The summed E-state index contributed by atoms with van der Waals surface area (Å²) < 4.78 is 0.706. The first-order valence-electron chi connectivity index (χ1n) is 5.80. The van der Waals surface area contributed by atoms with Crippen LogP contribution in [-0.4, -0.2) is 17.1 Å². The van der Waals surface area contributed by atoms with Crippen molar-refractivity contribution in [1.29, 1.82) is 0 Å². The number of hydrogen-bond donors (Lipinski definition) is 2. The summed E-state index contributed by atoms with van der Waals surface area (Å²) in [7, 11) is 0. The van der Waals surface area contributed by atoms with E-state index in [1.165, 1.54) is 11.3 Å². The van der Waals surface area contributed by atoms with Crippen molar-refractivity contribution in [1.82, 2.24) is 10.3 Å². The second kappa shape index (κ2) is 6.16. The minimum Gasteiger partial charge on any atom is -0.365 e. The highest BCUT2D eigenvalue weighted by Crippen LogP contribution is 2.18. The standard InChI is InChI=1S/C13H14BrN3OS/c1-8-5-3-4-6-10(8)16-9(2)17-12(18)11-7-15-13(14)19-11/h3-7,9,16H,1-2H3,(H,17,18). The Morgan fingerprint density at radius 3 is 2.79 bits per heavy atom. The van der Waals surface area contributed by atoms with Gasteiger partial charge in [0.15, 0.2) is 3.92 Å². The minimum atomic E-state index is -0.158. The van der Waals surface area contributed by atoms with Crippen molar-refractivity contribution in [3.8, 4) is 0 Å². The van der Waals surface area contributed by atoms with Crippen LogP contribution in [0.1, 0.15) is 22.2 Å². The SMILES string of the molecule is Cc1ccccc1NC(C)NC(=O)c1cnc(Br)s1. The van der Waals surface area contributed by atoms with Crippen molar-refractivity contribution in [3.05, 3.63) is 44.8 Å². The Labute approximate surface area is 124 Å². The molecule has 0 aliphatic rings. The zero-order valence-electron chi connectivity index (χ0n) is 10.6. The predicted octanol–water partition coefficient (Wildman–Crippen LogP) is 3.40. The van der Waals surface area contributed by atoms with Gasteiger partial charge in [0.2, 0.25) is 0 Å². The van der Waals surface area contributed by atoms with Crippen LogP contribution in [0.5, 0.6) is 0 Å². The second-order valence-corrected chi connectivity index (χ2v) is 6.44. The van der Waals surface area contributed by atoms with E-state index < -0.39 is 0 Å². The average Bonchev–Trinajstić information content (AvgIpc) is 2.79. The lowest BCUT2D eigenvalue weighted by molar-refractivity contribution is 0.0948. The lowest BCUT2D eigenvalue weighted by atomic mass is 10.2. The van der Waals surface area contributed by atoms with Crippen molar-refractivity contribution < 1.29 is 4.79 Å². The monoisotopic (exact) mass is 339 g/mol. The molecule has 1 amide bonds. The number of carbonyl (C=O) groups excluding carboxylic acids is 1. The summed E-state index contributed by atoms with van der Waals surface area (Å²) >= 11 is 4.55.